The highest BCUT2D eigenvalue weighted by Gasteiger charge is 2.11. The maximum atomic E-state index is 13.2. The van der Waals surface area contributed by atoms with E-state index in [4.69, 9.17) is 0 Å². The molecule has 0 saturated heterocycles. The zero-order valence-corrected chi connectivity index (χ0v) is 11.7. The second kappa shape index (κ2) is 7.72. The first-order chi connectivity index (χ1) is 8.19. The van der Waals surface area contributed by atoms with Gasteiger partial charge < -0.3 is 5.32 Å². The molecule has 1 unspecified atom stereocenters. The third-order valence-electron chi connectivity index (χ3n) is 2.84. The minimum Gasteiger partial charge on any atom is -0.310 e. The van der Waals surface area contributed by atoms with Crippen LogP contribution in [0.5, 0.6) is 0 Å². The molecule has 0 saturated carbocycles. The van der Waals surface area contributed by atoms with Crippen LogP contribution in [-0.2, 0) is 0 Å². The SMILES string of the molecule is CCCNC(CCSC)c1ccc(F)c(C)c1. The molecule has 1 aromatic rings. The molecule has 0 aliphatic carbocycles. The average Bonchev–Trinajstić information content (AvgIpc) is 2.33. The summed E-state index contributed by atoms with van der Waals surface area (Å²) in [4.78, 5) is 0. The molecule has 1 N–H and O–H groups in total. The summed E-state index contributed by atoms with van der Waals surface area (Å²) in [5.41, 5.74) is 1.93. The van der Waals surface area contributed by atoms with E-state index in [-0.39, 0.29) is 5.82 Å². The number of halogens is 1. The van der Waals surface area contributed by atoms with Crippen LogP contribution in [0.1, 0.15) is 36.9 Å². The summed E-state index contributed by atoms with van der Waals surface area (Å²) in [6.45, 7) is 4.99. The summed E-state index contributed by atoms with van der Waals surface area (Å²) in [7, 11) is 0. The van der Waals surface area contributed by atoms with Gasteiger partial charge in [0.1, 0.15) is 5.82 Å². The summed E-state index contributed by atoms with van der Waals surface area (Å²) < 4.78 is 13.2. The van der Waals surface area contributed by atoms with Gasteiger partial charge in [-0.2, -0.15) is 11.8 Å². The van der Waals surface area contributed by atoms with Crippen molar-refractivity contribution in [1.29, 1.82) is 0 Å². The molecule has 1 rings (SSSR count). The fourth-order valence-corrected chi connectivity index (χ4v) is 2.30. The molecule has 0 aliphatic heterocycles. The van der Waals surface area contributed by atoms with Gasteiger partial charge in [-0.05, 0) is 55.5 Å². The van der Waals surface area contributed by atoms with Crippen LogP contribution < -0.4 is 5.32 Å². The summed E-state index contributed by atoms with van der Waals surface area (Å²) >= 11 is 1.85. The van der Waals surface area contributed by atoms with Gasteiger partial charge in [0, 0.05) is 6.04 Å². The van der Waals surface area contributed by atoms with E-state index in [9.17, 15) is 4.39 Å². The van der Waals surface area contributed by atoms with Gasteiger partial charge in [-0.15, -0.1) is 0 Å². The Labute approximate surface area is 108 Å². The first-order valence-corrected chi connectivity index (χ1v) is 7.56. The molecule has 1 nitrogen and oxygen atoms in total. The minimum absolute atomic E-state index is 0.118. The van der Waals surface area contributed by atoms with Crippen molar-refractivity contribution in [2.45, 2.75) is 32.7 Å². The van der Waals surface area contributed by atoms with Gasteiger partial charge in [-0.1, -0.05) is 19.1 Å². The highest BCUT2D eigenvalue weighted by Crippen LogP contribution is 2.21. The van der Waals surface area contributed by atoms with E-state index >= 15 is 0 Å². The second-order valence-corrected chi connectivity index (χ2v) is 5.28. The van der Waals surface area contributed by atoms with Crippen LogP contribution >= 0.6 is 11.8 Å². The molecule has 0 aliphatic rings. The summed E-state index contributed by atoms with van der Waals surface area (Å²) in [5, 5.41) is 3.53. The van der Waals surface area contributed by atoms with Crippen molar-refractivity contribution in [3.8, 4) is 0 Å². The molecular formula is C14H22FNS. The summed E-state index contributed by atoms with van der Waals surface area (Å²) in [6.07, 6.45) is 4.33. The molecule has 1 atom stereocenters. The third-order valence-corrected chi connectivity index (χ3v) is 3.48. The molecule has 3 heteroatoms. The molecule has 0 fully saturated rings. The smallest absolute Gasteiger partial charge is 0.126 e. The number of hydrogen-bond acceptors (Lipinski definition) is 2. The summed E-state index contributed by atoms with van der Waals surface area (Å²) in [5.74, 6) is 1.01. The van der Waals surface area contributed by atoms with Crippen molar-refractivity contribution in [2.24, 2.45) is 0 Å². The number of hydrogen-bond donors (Lipinski definition) is 1. The Balaban J connectivity index is 2.75. The molecule has 17 heavy (non-hydrogen) atoms. The van der Waals surface area contributed by atoms with Gasteiger partial charge in [0.15, 0.2) is 0 Å². The zero-order chi connectivity index (χ0) is 12.7. The van der Waals surface area contributed by atoms with Crippen LogP contribution in [-0.4, -0.2) is 18.6 Å². The number of benzene rings is 1. The van der Waals surface area contributed by atoms with Crippen LogP contribution in [0.3, 0.4) is 0 Å². The zero-order valence-electron chi connectivity index (χ0n) is 10.9. The molecule has 96 valence electrons. The maximum Gasteiger partial charge on any atom is 0.126 e. The molecule has 0 bridgehead atoms. The van der Waals surface area contributed by atoms with Gasteiger partial charge in [-0.25, -0.2) is 4.39 Å². The van der Waals surface area contributed by atoms with Crippen molar-refractivity contribution >= 4 is 11.8 Å². The van der Waals surface area contributed by atoms with Gasteiger partial charge >= 0.3 is 0 Å². The van der Waals surface area contributed by atoms with Crippen molar-refractivity contribution < 1.29 is 4.39 Å². The van der Waals surface area contributed by atoms with Crippen molar-refractivity contribution in [1.82, 2.24) is 5.32 Å². The molecule has 0 aromatic heterocycles. The third kappa shape index (κ3) is 4.68. The van der Waals surface area contributed by atoms with Gasteiger partial charge in [0.2, 0.25) is 0 Å². The lowest BCUT2D eigenvalue weighted by Crippen LogP contribution is -2.22. The normalized spacial score (nSPS) is 12.7. The number of rotatable bonds is 7. The standard InChI is InChI=1S/C14H22FNS/c1-4-8-16-14(7-9-17-3)12-5-6-13(15)11(2)10-12/h5-6,10,14,16H,4,7-9H2,1-3H3. The topological polar surface area (TPSA) is 12.0 Å². The fourth-order valence-electron chi connectivity index (χ4n) is 1.83. The van der Waals surface area contributed by atoms with Crippen LogP contribution in [0.2, 0.25) is 0 Å². The van der Waals surface area contributed by atoms with E-state index in [2.05, 4.69) is 18.5 Å². The minimum atomic E-state index is -0.118. The lowest BCUT2D eigenvalue weighted by Gasteiger charge is -2.19. The Morgan fingerprint density at radius 2 is 2.18 bits per heavy atom. The van der Waals surface area contributed by atoms with E-state index in [1.807, 2.05) is 30.8 Å². The predicted molar refractivity (Wildman–Crippen MR) is 75.2 cm³/mol. The van der Waals surface area contributed by atoms with Gasteiger partial charge in [-0.3, -0.25) is 0 Å². The lowest BCUT2D eigenvalue weighted by molar-refractivity contribution is 0.519. The highest BCUT2D eigenvalue weighted by molar-refractivity contribution is 7.98. The maximum absolute atomic E-state index is 13.2. The van der Waals surface area contributed by atoms with Crippen LogP contribution in [0.25, 0.3) is 0 Å². The molecular weight excluding hydrogens is 233 g/mol. The van der Waals surface area contributed by atoms with Crippen LogP contribution in [0.15, 0.2) is 18.2 Å². The lowest BCUT2D eigenvalue weighted by atomic mass is 10.0. The molecule has 1 aromatic carbocycles. The highest BCUT2D eigenvalue weighted by atomic mass is 32.2. The second-order valence-electron chi connectivity index (χ2n) is 4.30. The van der Waals surface area contributed by atoms with E-state index in [0.29, 0.717) is 6.04 Å². The van der Waals surface area contributed by atoms with Crippen LogP contribution in [0, 0.1) is 12.7 Å². The molecule has 0 amide bonds. The molecule has 0 spiro atoms. The van der Waals surface area contributed by atoms with Crippen molar-refractivity contribution in [3.05, 3.63) is 35.1 Å². The van der Waals surface area contributed by atoms with Crippen molar-refractivity contribution in [3.63, 3.8) is 0 Å². The van der Waals surface area contributed by atoms with E-state index in [1.54, 1.807) is 6.07 Å². The number of thioether (sulfide) groups is 1. The van der Waals surface area contributed by atoms with E-state index in [1.165, 1.54) is 5.56 Å². The first-order valence-electron chi connectivity index (χ1n) is 6.17. The Morgan fingerprint density at radius 1 is 1.41 bits per heavy atom. The molecule has 0 radical (unpaired) electrons. The largest absolute Gasteiger partial charge is 0.310 e. The van der Waals surface area contributed by atoms with Crippen molar-refractivity contribution in [2.75, 3.05) is 18.6 Å². The molecule has 0 heterocycles. The number of aryl methyl sites for hydroxylation is 1. The Kier molecular flexibility index (Phi) is 6.60. The van der Waals surface area contributed by atoms with Gasteiger partial charge in [0.25, 0.3) is 0 Å². The van der Waals surface area contributed by atoms with E-state index in [0.717, 1.165) is 30.7 Å². The Morgan fingerprint density at radius 3 is 2.76 bits per heavy atom. The van der Waals surface area contributed by atoms with Crippen LogP contribution in [0.4, 0.5) is 4.39 Å². The van der Waals surface area contributed by atoms with Gasteiger partial charge in [0.05, 0.1) is 0 Å². The number of nitrogens with one attached hydrogen (secondary N) is 1. The first kappa shape index (κ1) is 14.5. The average molecular weight is 255 g/mol. The summed E-state index contributed by atoms with van der Waals surface area (Å²) in [6, 6.07) is 5.78. The Hall–Kier alpha value is -0.540. The fraction of sp³-hybridized carbons (Fsp3) is 0.571. The van der Waals surface area contributed by atoms with E-state index < -0.39 is 0 Å². The quantitative estimate of drug-likeness (QED) is 0.792. The Bertz CT molecular complexity index is 333. The monoisotopic (exact) mass is 255 g/mol. The predicted octanol–water partition coefficient (Wildman–Crippen LogP) is 3.93.